The Balaban J connectivity index is 3.13. The first-order valence-electron chi connectivity index (χ1n) is 5.90. The van der Waals surface area contributed by atoms with Crippen molar-refractivity contribution >= 4 is 0 Å². The fourth-order valence-corrected chi connectivity index (χ4v) is 2.09. The lowest BCUT2D eigenvalue weighted by molar-refractivity contribution is 0.408. The molecule has 0 saturated carbocycles. The SMILES string of the molecule is CCC(N)Cc1cc(C)c(OC)c(C)c1C. The van der Waals surface area contributed by atoms with Gasteiger partial charge in [0, 0.05) is 6.04 Å². The molecular weight excluding hydrogens is 198 g/mol. The van der Waals surface area contributed by atoms with Crippen molar-refractivity contribution in [3.8, 4) is 5.75 Å². The van der Waals surface area contributed by atoms with Gasteiger partial charge in [0.25, 0.3) is 0 Å². The number of rotatable bonds is 4. The maximum atomic E-state index is 6.01. The van der Waals surface area contributed by atoms with Crippen molar-refractivity contribution in [1.82, 2.24) is 0 Å². The third kappa shape index (κ3) is 2.56. The summed E-state index contributed by atoms with van der Waals surface area (Å²) in [6.07, 6.45) is 1.97. The van der Waals surface area contributed by atoms with Gasteiger partial charge in [0.1, 0.15) is 5.75 Å². The van der Waals surface area contributed by atoms with Crippen molar-refractivity contribution < 1.29 is 4.74 Å². The highest BCUT2D eigenvalue weighted by atomic mass is 16.5. The van der Waals surface area contributed by atoms with Crippen LogP contribution < -0.4 is 10.5 Å². The standard InChI is InChI=1S/C14H23NO/c1-6-13(15)8-12-7-9(2)14(16-5)11(4)10(12)3/h7,13H,6,8,15H2,1-5H3. The molecule has 1 aromatic carbocycles. The van der Waals surface area contributed by atoms with Gasteiger partial charge in [0.2, 0.25) is 0 Å². The van der Waals surface area contributed by atoms with E-state index in [1.165, 1.54) is 22.3 Å². The topological polar surface area (TPSA) is 35.2 Å². The molecule has 0 aliphatic carbocycles. The van der Waals surface area contributed by atoms with E-state index in [2.05, 4.69) is 33.8 Å². The minimum atomic E-state index is 0.255. The van der Waals surface area contributed by atoms with Gasteiger partial charge in [-0.2, -0.15) is 0 Å². The third-order valence-corrected chi connectivity index (χ3v) is 3.34. The summed E-state index contributed by atoms with van der Waals surface area (Å²) < 4.78 is 5.41. The molecule has 0 bridgehead atoms. The molecular formula is C14H23NO. The summed E-state index contributed by atoms with van der Waals surface area (Å²) >= 11 is 0. The summed E-state index contributed by atoms with van der Waals surface area (Å²) in [6.45, 7) is 8.48. The molecule has 1 rings (SSSR count). The first kappa shape index (κ1) is 13.0. The highest BCUT2D eigenvalue weighted by molar-refractivity contribution is 5.49. The van der Waals surface area contributed by atoms with Gasteiger partial charge >= 0.3 is 0 Å². The molecule has 0 spiro atoms. The second-order valence-electron chi connectivity index (χ2n) is 4.51. The summed E-state index contributed by atoms with van der Waals surface area (Å²) in [7, 11) is 1.73. The van der Waals surface area contributed by atoms with Crippen LogP contribution in [0.25, 0.3) is 0 Å². The average Bonchev–Trinajstić information content (AvgIpc) is 2.26. The molecule has 0 aromatic heterocycles. The molecule has 2 nitrogen and oxygen atoms in total. The number of benzene rings is 1. The van der Waals surface area contributed by atoms with Crippen molar-refractivity contribution in [2.45, 2.75) is 46.6 Å². The smallest absolute Gasteiger partial charge is 0.124 e. The molecule has 16 heavy (non-hydrogen) atoms. The van der Waals surface area contributed by atoms with Crippen LogP contribution in [-0.2, 0) is 6.42 Å². The minimum absolute atomic E-state index is 0.255. The maximum absolute atomic E-state index is 6.01. The van der Waals surface area contributed by atoms with Gasteiger partial charge in [0.05, 0.1) is 7.11 Å². The number of hydrogen-bond acceptors (Lipinski definition) is 2. The van der Waals surface area contributed by atoms with Gasteiger partial charge in [-0.25, -0.2) is 0 Å². The largest absolute Gasteiger partial charge is 0.496 e. The van der Waals surface area contributed by atoms with Crippen LogP contribution in [-0.4, -0.2) is 13.2 Å². The van der Waals surface area contributed by atoms with Crippen molar-refractivity contribution in [1.29, 1.82) is 0 Å². The van der Waals surface area contributed by atoms with E-state index >= 15 is 0 Å². The van der Waals surface area contributed by atoms with E-state index in [1.807, 2.05) is 0 Å². The molecule has 2 N–H and O–H groups in total. The van der Waals surface area contributed by atoms with E-state index in [9.17, 15) is 0 Å². The monoisotopic (exact) mass is 221 g/mol. The molecule has 2 heteroatoms. The first-order valence-corrected chi connectivity index (χ1v) is 5.90. The van der Waals surface area contributed by atoms with Crippen molar-refractivity contribution in [2.24, 2.45) is 5.73 Å². The Bertz CT molecular complexity index is 371. The second-order valence-corrected chi connectivity index (χ2v) is 4.51. The van der Waals surface area contributed by atoms with Crippen molar-refractivity contribution in [3.63, 3.8) is 0 Å². The van der Waals surface area contributed by atoms with Crippen LogP contribution in [0.2, 0.25) is 0 Å². The summed E-state index contributed by atoms with van der Waals surface area (Å²) in [5, 5.41) is 0. The van der Waals surface area contributed by atoms with Gasteiger partial charge < -0.3 is 10.5 Å². The Kier molecular flexibility index (Phi) is 4.36. The lowest BCUT2D eigenvalue weighted by Gasteiger charge is -2.17. The Labute approximate surface area is 98.8 Å². The van der Waals surface area contributed by atoms with E-state index in [-0.39, 0.29) is 6.04 Å². The number of hydrogen-bond donors (Lipinski definition) is 1. The van der Waals surface area contributed by atoms with Gasteiger partial charge in [-0.1, -0.05) is 13.0 Å². The number of aryl methyl sites for hydroxylation is 1. The first-order chi connectivity index (χ1) is 7.51. The number of methoxy groups -OCH3 is 1. The highest BCUT2D eigenvalue weighted by Gasteiger charge is 2.12. The normalized spacial score (nSPS) is 12.6. The van der Waals surface area contributed by atoms with E-state index in [1.54, 1.807) is 7.11 Å². The predicted octanol–water partition coefficient (Wildman–Crippen LogP) is 2.90. The molecule has 0 fully saturated rings. The van der Waals surface area contributed by atoms with Crippen LogP contribution >= 0.6 is 0 Å². The molecule has 0 heterocycles. The second kappa shape index (κ2) is 5.35. The van der Waals surface area contributed by atoms with Crippen LogP contribution in [0.5, 0.6) is 5.75 Å². The molecule has 0 aliphatic rings. The molecule has 1 atom stereocenters. The van der Waals surface area contributed by atoms with Crippen LogP contribution in [0, 0.1) is 20.8 Å². The summed E-state index contributed by atoms with van der Waals surface area (Å²) in [5.41, 5.74) is 11.1. The Morgan fingerprint density at radius 2 is 1.88 bits per heavy atom. The number of ether oxygens (including phenoxy) is 1. The minimum Gasteiger partial charge on any atom is -0.496 e. The summed E-state index contributed by atoms with van der Waals surface area (Å²) in [6, 6.07) is 2.46. The zero-order valence-electron chi connectivity index (χ0n) is 11.1. The fourth-order valence-electron chi connectivity index (χ4n) is 2.09. The average molecular weight is 221 g/mol. The van der Waals surface area contributed by atoms with Gasteiger partial charge in [-0.05, 0) is 55.9 Å². The Morgan fingerprint density at radius 3 is 2.38 bits per heavy atom. The molecule has 0 aliphatic heterocycles. The Morgan fingerprint density at radius 1 is 1.25 bits per heavy atom. The van der Waals surface area contributed by atoms with Crippen LogP contribution in [0.4, 0.5) is 0 Å². The molecule has 0 radical (unpaired) electrons. The van der Waals surface area contributed by atoms with Gasteiger partial charge in [-0.3, -0.25) is 0 Å². The zero-order chi connectivity index (χ0) is 12.3. The predicted molar refractivity (Wildman–Crippen MR) is 69.2 cm³/mol. The van der Waals surface area contributed by atoms with Crippen LogP contribution in [0.15, 0.2) is 6.07 Å². The molecule has 0 amide bonds. The van der Waals surface area contributed by atoms with Gasteiger partial charge in [0.15, 0.2) is 0 Å². The van der Waals surface area contributed by atoms with Crippen LogP contribution in [0.1, 0.15) is 35.6 Å². The summed E-state index contributed by atoms with van der Waals surface area (Å²) in [4.78, 5) is 0. The summed E-state index contributed by atoms with van der Waals surface area (Å²) in [5.74, 6) is 1.01. The number of nitrogens with two attached hydrogens (primary N) is 1. The van der Waals surface area contributed by atoms with Crippen molar-refractivity contribution in [2.75, 3.05) is 7.11 Å². The Hall–Kier alpha value is -1.02. The molecule has 1 unspecified atom stereocenters. The lowest BCUT2D eigenvalue weighted by Crippen LogP contribution is -2.22. The van der Waals surface area contributed by atoms with Gasteiger partial charge in [-0.15, -0.1) is 0 Å². The van der Waals surface area contributed by atoms with Crippen molar-refractivity contribution in [3.05, 3.63) is 28.3 Å². The lowest BCUT2D eigenvalue weighted by atomic mass is 9.94. The molecule has 1 aromatic rings. The fraction of sp³-hybridized carbons (Fsp3) is 0.571. The van der Waals surface area contributed by atoms with E-state index < -0.39 is 0 Å². The quantitative estimate of drug-likeness (QED) is 0.848. The molecule has 90 valence electrons. The van der Waals surface area contributed by atoms with E-state index in [4.69, 9.17) is 10.5 Å². The highest BCUT2D eigenvalue weighted by Crippen LogP contribution is 2.29. The van der Waals surface area contributed by atoms with E-state index in [0.29, 0.717) is 0 Å². The zero-order valence-corrected chi connectivity index (χ0v) is 11.1. The molecule has 0 saturated heterocycles. The van der Waals surface area contributed by atoms with E-state index in [0.717, 1.165) is 18.6 Å². The third-order valence-electron chi connectivity index (χ3n) is 3.34. The van der Waals surface area contributed by atoms with Crippen LogP contribution in [0.3, 0.4) is 0 Å². The maximum Gasteiger partial charge on any atom is 0.124 e.